The molecular formula is C17H20N4O2. The van der Waals surface area contributed by atoms with Crippen LogP contribution < -0.4 is 10.9 Å². The summed E-state index contributed by atoms with van der Waals surface area (Å²) in [6, 6.07) is 7.60. The molecule has 4 rings (SSSR count). The number of likely N-dealkylation sites (tertiary alicyclic amines) is 1. The number of para-hydroxylation sites is 1. The summed E-state index contributed by atoms with van der Waals surface area (Å²) in [5.74, 6) is 1.68. The van der Waals surface area contributed by atoms with Crippen molar-refractivity contribution in [3.05, 3.63) is 34.6 Å². The number of benzene rings is 1. The first-order chi connectivity index (χ1) is 11.1. The molecule has 120 valence electrons. The van der Waals surface area contributed by atoms with Crippen molar-refractivity contribution in [2.75, 3.05) is 18.4 Å². The zero-order valence-electron chi connectivity index (χ0n) is 13.1. The van der Waals surface area contributed by atoms with Gasteiger partial charge in [0.15, 0.2) is 0 Å². The van der Waals surface area contributed by atoms with Crippen LogP contribution in [0.25, 0.3) is 10.9 Å². The average Bonchev–Trinajstić information content (AvgIpc) is 3.10. The largest absolute Gasteiger partial charge is 0.353 e. The number of nitrogens with zero attached hydrogens (tertiary/aromatic N) is 2. The summed E-state index contributed by atoms with van der Waals surface area (Å²) in [5.41, 5.74) is 0.578. The number of aromatic amines is 1. The molecule has 6 nitrogen and oxygen atoms in total. The molecule has 1 saturated carbocycles. The second kappa shape index (κ2) is 5.37. The van der Waals surface area contributed by atoms with E-state index in [2.05, 4.69) is 15.3 Å². The van der Waals surface area contributed by atoms with Gasteiger partial charge in [0, 0.05) is 32.0 Å². The van der Waals surface area contributed by atoms with Crippen LogP contribution in [-0.4, -0.2) is 39.9 Å². The van der Waals surface area contributed by atoms with E-state index in [0.717, 1.165) is 25.9 Å². The number of aromatic nitrogens is 2. The maximum Gasteiger partial charge on any atom is 0.260 e. The molecule has 1 aliphatic heterocycles. The van der Waals surface area contributed by atoms with Crippen molar-refractivity contribution in [3.63, 3.8) is 0 Å². The van der Waals surface area contributed by atoms with Gasteiger partial charge < -0.3 is 10.2 Å². The lowest BCUT2D eigenvalue weighted by Crippen LogP contribution is -2.32. The van der Waals surface area contributed by atoms with E-state index in [-0.39, 0.29) is 17.5 Å². The molecule has 1 saturated heterocycles. The molecule has 0 spiro atoms. The zero-order chi connectivity index (χ0) is 16.0. The Morgan fingerprint density at radius 1 is 1.30 bits per heavy atom. The first kappa shape index (κ1) is 14.2. The number of amides is 1. The Hall–Kier alpha value is -2.37. The van der Waals surface area contributed by atoms with Gasteiger partial charge in [-0.1, -0.05) is 12.1 Å². The second-order valence-corrected chi connectivity index (χ2v) is 6.61. The quantitative estimate of drug-likeness (QED) is 0.883. The highest BCUT2D eigenvalue weighted by molar-refractivity contribution is 5.78. The van der Waals surface area contributed by atoms with E-state index in [1.54, 1.807) is 13.0 Å². The molecule has 1 aliphatic carbocycles. The van der Waals surface area contributed by atoms with Gasteiger partial charge in [0.2, 0.25) is 11.9 Å². The first-order valence-electron chi connectivity index (χ1n) is 8.13. The molecule has 0 bridgehead atoms. The highest BCUT2D eigenvalue weighted by Gasteiger charge is 2.43. The Morgan fingerprint density at radius 3 is 2.96 bits per heavy atom. The van der Waals surface area contributed by atoms with E-state index >= 15 is 0 Å². The summed E-state index contributed by atoms with van der Waals surface area (Å²) in [6.45, 7) is 3.29. The molecule has 1 aromatic carbocycles. The number of hydrogen-bond donors (Lipinski definition) is 2. The topological polar surface area (TPSA) is 78.1 Å². The molecule has 2 aromatic rings. The predicted octanol–water partition coefficient (Wildman–Crippen LogP) is 1.59. The highest BCUT2D eigenvalue weighted by atomic mass is 16.2. The van der Waals surface area contributed by atoms with Gasteiger partial charge in [-0.2, -0.15) is 0 Å². The van der Waals surface area contributed by atoms with Crippen LogP contribution in [0.15, 0.2) is 29.1 Å². The lowest BCUT2D eigenvalue weighted by atomic mass is 9.98. The molecule has 1 aromatic heterocycles. The van der Waals surface area contributed by atoms with Crippen LogP contribution in [0.2, 0.25) is 0 Å². The average molecular weight is 312 g/mol. The maximum absolute atomic E-state index is 12.2. The molecule has 3 unspecified atom stereocenters. The Balaban J connectivity index is 1.57. The summed E-state index contributed by atoms with van der Waals surface area (Å²) < 4.78 is 0. The van der Waals surface area contributed by atoms with Gasteiger partial charge in [-0.15, -0.1) is 0 Å². The van der Waals surface area contributed by atoms with Crippen molar-refractivity contribution in [1.82, 2.24) is 14.9 Å². The molecule has 1 amide bonds. The van der Waals surface area contributed by atoms with Crippen molar-refractivity contribution in [1.29, 1.82) is 0 Å². The Bertz CT molecular complexity index is 816. The monoisotopic (exact) mass is 312 g/mol. The lowest BCUT2D eigenvalue weighted by molar-refractivity contribution is -0.128. The summed E-state index contributed by atoms with van der Waals surface area (Å²) in [4.78, 5) is 33.0. The normalized spacial score (nSPS) is 26.5. The van der Waals surface area contributed by atoms with Gasteiger partial charge in [0.1, 0.15) is 0 Å². The van der Waals surface area contributed by atoms with E-state index in [4.69, 9.17) is 0 Å². The van der Waals surface area contributed by atoms with E-state index in [9.17, 15) is 9.59 Å². The van der Waals surface area contributed by atoms with Crippen molar-refractivity contribution < 1.29 is 4.79 Å². The molecular weight excluding hydrogens is 292 g/mol. The first-order valence-corrected chi connectivity index (χ1v) is 8.13. The van der Waals surface area contributed by atoms with Crippen LogP contribution in [0.1, 0.15) is 19.8 Å². The number of anilines is 1. The summed E-state index contributed by atoms with van der Waals surface area (Å²) >= 11 is 0. The van der Waals surface area contributed by atoms with Crippen LogP contribution in [0.3, 0.4) is 0 Å². The molecule has 6 heteroatoms. The Kier molecular flexibility index (Phi) is 3.32. The molecule has 2 aliphatic rings. The smallest absolute Gasteiger partial charge is 0.260 e. The van der Waals surface area contributed by atoms with Gasteiger partial charge >= 0.3 is 0 Å². The fraction of sp³-hybridized carbons (Fsp3) is 0.471. The van der Waals surface area contributed by atoms with Crippen molar-refractivity contribution in [2.45, 2.75) is 25.8 Å². The molecule has 2 heterocycles. The highest BCUT2D eigenvalue weighted by Crippen LogP contribution is 2.39. The van der Waals surface area contributed by atoms with Gasteiger partial charge in [0.05, 0.1) is 10.9 Å². The predicted molar refractivity (Wildman–Crippen MR) is 88.2 cm³/mol. The third-order valence-corrected chi connectivity index (χ3v) is 5.24. The third-order valence-electron chi connectivity index (χ3n) is 5.24. The minimum absolute atomic E-state index is 0.121. The maximum atomic E-state index is 12.2. The fourth-order valence-electron chi connectivity index (χ4n) is 4.03. The summed E-state index contributed by atoms with van der Waals surface area (Å²) in [5, 5.41) is 4.00. The van der Waals surface area contributed by atoms with E-state index in [1.165, 1.54) is 0 Å². The number of fused-ring (bicyclic) bond motifs is 2. The number of rotatable bonds is 2. The van der Waals surface area contributed by atoms with Crippen molar-refractivity contribution in [3.8, 4) is 0 Å². The Morgan fingerprint density at radius 2 is 2.13 bits per heavy atom. The SMILES string of the molecule is CC(=O)N1CC2CCC(Nc3nc4ccccc4c(=O)[nH]3)C2C1. The molecule has 2 fully saturated rings. The van der Waals surface area contributed by atoms with Crippen molar-refractivity contribution >= 4 is 22.8 Å². The fourth-order valence-corrected chi connectivity index (χ4v) is 4.03. The molecule has 0 radical (unpaired) electrons. The van der Waals surface area contributed by atoms with Gasteiger partial charge in [-0.25, -0.2) is 4.98 Å². The van der Waals surface area contributed by atoms with E-state index in [1.807, 2.05) is 23.1 Å². The third kappa shape index (κ3) is 2.48. The van der Waals surface area contributed by atoms with Crippen LogP contribution in [0.5, 0.6) is 0 Å². The Labute approximate surface area is 133 Å². The summed E-state index contributed by atoms with van der Waals surface area (Å²) in [7, 11) is 0. The zero-order valence-corrected chi connectivity index (χ0v) is 13.1. The molecule has 23 heavy (non-hydrogen) atoms. The van der Waals surface area contributed by atoms with Crippen molar-refractivity contribution in [2.24, 2.45) is 11.8 Å². The van der Waals surface area contributed by atoms with E-state index in [0.29, 0.717) is 28.7 Å². The van der Waals surface area contributed by atoms with Crippen LogP contribution in [0.4, 0.5) is 5.95 Å². The standard InChI is InChI=1S/C17H20N4O2/c1-10(22)21-8-11-6-7-15(13(11)9-21)19-17-18-14-5-3-2-4-12(14)16(23)20-17/h2-5,11,13,15H,6-9H2,1H3,(H2,18,19,20,23). The number of carbonyl (C=O) groups is 1. The van der Waals surface area contributed by atoms with Gasteiger partial charge in [-0.3, -0.25) is 14.6 Å². The van der Waals surface area contributed by atoms with Crippen LogP contribution >= 0.6 is 0 Å². The summed E-state index contributed by atoms with van der Waals surface area (Å²) in [6.07, 6.45) is 2.17. The number of nitrogens with one attached hydrogen (secondary N) is 2. The lowest BCUT2D eigenvalue weighted by Gasteiger charge is -2.21. The number of carbonyl (C=O) groups excluding carboxylic acids is 1. The number of H-pyrrole nitrogens is 1. The molecule has 2 N–H and O–H groups in total. The second-order valence-electron chi connectivity index (χ2n) is 6.61. The van der Waals surface area contributed by atoms with E-state index < -0.39 is 0 Å². The van der Waals surface area contributed by atoms with Crippen LogP contribution in [-0.2, 0) is 4.79 Å². The minimum atomic E-state index is -0.121. The minimum Gasteiger partial charge on any atom is -0.353 e. The van der Waals surface area contributed by atoms with Crippen LogP contribution in [0, 0.1) is 11.8 Å². The molecule has 3 atom stereocenters. The van der Waals surface area contributed by atoms with Gasteiger partial charge in [0.25, 0.3) is 5.56 Å². The van der Waals surface area contributed by atoms with Gasteiger partial charge in [-0.05, 0) is 30.9 Å². The number of hydrogen-bond acceptors (Lipinski definition) is 4.